The molecule has 2 aromatic heterocycles. The van der Waals surface area contributed by atoms with Crippen molar-refractivity contribution in [1.82, 2.24) is 9.13 Å². The highest BCUT2D eigenvalue weighted by Crippen LogP contribution is 2.38. The smallest absolute Gasteiger partial charge is 0.180 e. The van der Waals surface area contributed by atoms with Gasteiger partial charge in [-0.15, -0.1) is 0 Å². The lowest BCUT2D eigenvalue weighted by molar-refractivity contribution is 1.15. The van der Waals surface area contributed by atoms with Crippen LogP contribution >= 0.6 is 0 Å². The number of rotatable bonds is 8. The molecule has 0 spiro atoms. The Labute approximate surface area is 368 Å². The third-order valence-corrected chi connectivity index (χ3v) is 17.9. The third kappa shape index (κ3) is 5.93. The quantitative estimate of drug-likeness (QED) is 0.107. The molecule has 0 radical (unpaired) electrons. The molecule has 3 heteroatoms. The van der Waals surface area contributed by atoms with E-state index in [4.69, 9.17) is 0 Å². The number of fused-ring (bicyclic) bond motifs is 6. The maximum absolute atomic E-state index is 2.86. The van der Waals surface area contributed by atoms with Crippen molar-refractivity contribution < 1.29 is 0 Å². The minimum absolute atomic E-state index is 1.13. The second kappa shape index (κ2) is 15.2. The van der Waals surface area contributed by atoms with Crippen LogP contribution in [0.25, 0.3) is 77.2 Å². The van der Waals surface area contributed by atoms with Crippen LogP contribution in [0.5, 0.6) is 0 Å². The second-order valence-corrected chi connectivity index (χ2v) is 20.2. The van der Waals surface area contributed by atoms with Gasteiger partial charge >= 0.3 is 0 Å². The molecule has 12 rings (SSSR count). The molecule has 12 aromatic rings. The molecular formula is C60H42N2Si. The van der Waals surface area contributed by atoms with E-state index >= 15 is 0 Å². The fourth-order valence-electron chi connectivity index (χ4n) is 10.3. The first-order chi connectivity index (χ1) is 31.3. The van der Waals surface area contributed by atoms with Gasteiger partial charge in [0.05, 0.1) is 22.1 Å². The average molecular weight is 819 g/mol. The van der Waals surface area contributed by atoms with E-state index in [1.807, 2.05) is 0 Å². The van der Waals surface area contributed by atoms with Gasteiger partial charge in [-0.1, -0.05) is 212 Å². The number of para-hydroxylation sites is 2. The third-order valence-electron chi connectivity index (χ3n) is 13.1. The lowest BCUT2D eigenvalue weighted by Crippen LogP contribution is -2.74. The first-order valence-electron chi connectivity index (χ1n) is 21.8. The summed E-state index contributed by atoms with van der Waals surface area (Å²) in [6.07, 6.45) is 0. The summed E-state index contributed by atoms with van der Waals surface area (Å²) in [7, 11) is -2.86. The summed E-state index contributed by atoms with van der Waals surface area (Å²) in [4.78, 5) is 0. The summed E-state index contributed by atoms with van der Waals surface area (Å²) in [6.45, 7) is 0. The van der Waals surface area contributed by atoms with Crippen LogP contribution in [0.4, 0.5) is 0 Å². The van der Waals surface area contributed by atoms with E-state index in [9.17, 15) is 0 Å². The molecule has 0 saturated carbocycles. The summed E-state index contributed by atoms with van der Waals surface area (Å²) in [5.41, 5.74) is 11.9. The first-order valence-corrected chi connectivity index (χ1v) is 23.8. The van der Waals surface area contributed by atoms with Gasteiger partial charge in [-0.3, -0.25) is 0 Å². The topological polar surface area (TPSA) is 9.86 Å². The molecule has 0 bridgehead atoms. The molecule has 0 amide bonds. The second-order valence-electron chi connectivity index (χ2n) is 16.4. The van der Waals surface area contributed by atoms with E-state index in [1.165, 1.54) is 86.6 Å². The van der Waals surface area contributed by atoms with Crippen molar-refractivity contribution in [2.45, 2.75) is 0 Å². The molecular weight excluding hydrogens is 777 g/mol. The highest BCUT2D eigenvalue weighted by molar-refractivity contribution is 7.20. The average Bonchev–Trinajstić information content (AvgIpc) is 3.88. The highest BCUT2D eigenvalue weighted by atomic mass is 28.3. The number of hydrogen-bond donors (Lipinski definition) is 0. The van der Waals surface area contributed by atoms with E-state index < -0.39 is 8.07 Å². The Morgan fingerprint density at radius 2 is 0.683 bits per heavy atom. The van der Waals surface area contributed by atoms with Gasteiger partial charge in [0.1, 0.15) is 0 Å². The maximum atomic E-state index is 2.50. The largest absolute Gasteiger partial charge is 0.309 e. The summed E-state index contributed by atoms with van der Waals surface area (Å²) >= 11 is 0. The summed E-state index contributed by atoms with van der Waals surface area (Å²) < 4.78 is 4.95. The molecule has 10 aromatic carbocycles. The van der Waals surface area contributed by atoms with E-state index in [0.29, 0.717) is 0 Å². The molecule has 0 aliphatic heterocycles. The van der Waals surface area contributed by atoms with Gasteiger partial charge in [-0.2, -0.15) is 0 Å². The minimum Gasteiger partial charge on any atom is -0.309 e. The SMILES string of the molecule is c1ccc(-c2ccc(-c3cccc(-n4c5ccccc5c5ccc(-n6c7ccccc7c7c([Si](c8ccccc8)(c8ccccc8)c8ccccc8)cccc76)cc54)c3)cc2)cc1. The van der Waals surface area contributed by atoms with Gasteiger partial charge in [0, 0.05) is 32.9 Å². The van der Waals surface area contributed by atoms with Crippen molar-refractivity contribution in [1.29, 1.82) is 0 Å². The van der Waals surface area contributed by atoms with Crippen LogP contribution in [0.1, 0.15) is 0 Å². The van der Waals surface area contributed by atoms with Crippen LogP contribution in [-0.4, -0.2) is 17.2 Å². The monoisotopic (exact) mass is 818 g/mol. The van der Waals surface area contributed by atoms with Gasteiger partial charge in [0.25, 0.3) is 0 Å². The Kier molecular flexibility index (Phi) is 8.87. The molecule has 0 unspecified atom stereocenters. The van der Waals surface area contributed by atoms with Crippen LogP contribution in [0.15, 0.2) is 255 Å². The lowest BCUT2D eigenvalue weighted by Gasteiger charge is -2.35. The van der Waals surface area contributed by atoms with Crippen molar-refractivity contribution in [3.8, 4) is 33.6 Å². The Balaban J connectivity index is 1.09. The fraction of sp³-hybridized carbons (Fsp3) is 0. The van der Waals surface area contributed by atoms with Gasteiger partial charge in [0.15, 0.2) is 8.07 Å². The maximum Gasteiger partial charge on any atom is 0.180 e. The molecule has 2 heterocycles. The van der Waals surface area contributed by atoms with Gasteiger partial charge in [0.2, 0.25) is 0 Å². The summed E-state index contributed by atoms with van der Waals surface area (Å²) in [6, 6.07) is 94.2. The lowest BCUT2D eigenvalue weighted by atomic mass is 10.00. The Hall–Kier alpha value is -7.98. The van der Waals surface area contributed by atoms with Crippen LogP contribution in [0, 0.1) is 0 Å². The van der Waals surface area contributed by atoms with Crippen LogP contribution in [0.3, 0.4) is 0 Å². The van der Waals surface area contributed by atoms with Gasteiger partial charge < -0.3 is 9.13 Å². The minimum atomic E-state index is -2.86. The number of aromatic nitrogens is 2. The van der Waals surface area contributed by atoms with Crippen LogP contribution < -0.4 is 20.7 Å². The zero-order chi connectivity index (χ0) is 41.7. The van der Waals surface area contributed by atoms with Gasteiger partial charge in [-0.25, -0.2) is 0 Å². The predicted octanol–water partition coefficient (Wildman–Crippen LogP) is 12.6. The van der Waals surface area contributed by atoms with E-state index in [2.05, 4.69) is 264 Å². The Morgan fingerprint density at radius 3 is 1.32 bits per heavy atom. The molecule has 2 nitrogen and oxygen atoms in total. The number of benzene rings is 10. The molecule has 0 saturated heterocycles. The zero-order valence-electron chi connectivity index (χ0n) is 34.6. The zero-order valence-corrected chi connectivity index (χ0v) is 35.6. The van der Waals surface area contributed by atoms with Crippen molar-refractivity contribution in [2.24, 2.45) is 0 Å². The Morgan fingerprint density at radius 1 is 0.254 bits per heavy atom. The Bertz CT molecular complexity index is 3490. The van der Waals surface area contributed by atoms with Crippen LogP contribution in [0.2, 0.25) is 0 Å². The van der Waals surface area contributed by atoms with Crippen molar-refractivity contribution in [3.63, 3.8) is 0 Å². The van der Waals surface area contributed by atoms with Gasteiger partial charge in [-0.05, 0) is 85.5 Å². The molecule has 0 N–H and O–H groups in total. The number of nitrogens with zero attached hydrogens (tertiary/aromatic N) is 2. The molecule has 0 aliphatic rings. The summed E-state index contributed by atoms with van der Waals surface area (Å²) in [5.74, 6) is 0. The van der Waals surface area contributed by atoms with E-state index in [1.54, 1.807) is 0 Å². The highest BCUT2D eigenvalue weighted by Gasteiger charge is 2.43. The molecule has 0 atom stereocenters. The predicted molar refractivity (Wildman–Crippen MR) is 270 cm³/mol. The molecule has 0 aliphatic carbocycles. The standard InChI is InChI=1S/C60H42N2Si/c1-5-19-43(20-6-1)44-35-37-45(38-36-44)46-21-17-22-47(41-46)62-55-31-15-13-29-52(55)53-40-39-48(42-58(53)62)61-56-32-16-14-30-54(56)60-57(61)33-18-34-59(60)63(49-23-7-2-8-24-49,50-25-9-3-10-26-50)51-27-11-4-12-28-51/h1-42H. The molecule has 63 heavy (non-hydrogen) atoms. The van der Waals surface area contributed by atoms with Crippen molar-refractivity contribution in [2.75, 3.05) is 0 Å². The van der Waals surface area contributed by atoms with Crippen molar-refractivity contribution >= 4 is 72.4 Å². The number of hydrogen-bond acceptors (Lipinski definition) is 0. The normalized spacial score (nSPS) is 11.8. The van der Waals surface area contributed by atoms with Crippen LogP contribution in [-0.2, 0) is 0 Å². The first kappa shape index (κ1) is 36.8. The van der Waals surface area contributed by atoms with E-state index in [0.717, 1.165) is 11.4 Å². The fourth-order valence-corrected chi connectivity index (χ4v) is 15.3. The van der Waals surface area contributed by atoms with E-state index in [-0.39, 0.29) is 0 Å². The molecule has 296 valence electrons. The van der Waals surface area contributed by atoms with Crippen molar-refractivity contribution in [3.05, 3.63) is 255 Å². The summed E-state index contributed by atoms with van der Waals surface area (Å²) in [5, 5.41) is 10.5. The molecule has 0 fully saturated rings.